The molecule has 0 spiro atoms. The molecule has 1 fully saturated rings. The van der Waals surface area contributed by atoms with E-state index in [-0.39, 0.29) is 0 Å². The molecule has 1 aliphatic heterocycles. The van der Waals surface area contributed by atoms with Crippen LogP contribution in [0.2, 0.25) is 0 Å². The Bertz CT molecular complexity index is 879. The van der Waals surface area contributed by atoms with Gasteiger partial charge in [0.05, 0.1) is 11.2 Å². The summed E-state index contributed by atoms with van der Waals surface area (Å²) in [5, 5.41) is 9.09. The molecule has 0 bridgehead atoms. The Morgan fingerprint density at radius 1 is 1.08 bits per heavy atom. The van der Waals surface area contributed by atoms with E-state index in [1.54, 1.807) is 0 Å². The number of fused-ring (bicyclic) bond motifs is 1. The van der Waals surface area contributed by atoms with E-state index >= 15 is 0 Å². The number of aryl methyl sites for hydroxylation is 2. The van der Waals surface area contributed by atoms with E-state index in [0.29, 0.717) is 5.95 Å². The highest BCUT2D eigenvalue weighted by molar-refractivity contribution is 5.89. The molecule has 0 saturated carbocycles. The number of aromatic nitrogens is 4. The van der Waals surface area contributed by atoms with Crippen LogP contribution in [0.5, 0.6) is 0 Å². The van der Waals surface area contributed by atoms with E-state index in [9.17, 15) is 0 Å². The minimum atomic E-state index is 0.618. The minimum Gasteiger partial charge on any atom is -0.368 e. The van der Waals surface area contributed by atoms with Gasteiger partial charge in [-0.2, -0.15) is 10.1 Å². The zero-order valence-electron chi connectivity index (χ0n) is 14.9. The predicted molar refractivity (Wildman–Crippen MR) is 100 cm³/mol. The molecule has 4 rings (SSSR count). The highest BCUT2D eigenvalue weighted by Gasteiger charge is 2.13. The van der Waals surface area contributed by atoms with Crippen molar-refractivity contribution in [1.29, 1.82) is 0 Å². The number of hydrogen-bond acceptors (Lipinski definition) is 5. The molecular formula is C19H24N6. The smallest absolute Gasteiger partial charge is 0.253 e. The number of hydrogen-bond donors (Lipinski definition) is 1. The minimum absolute atomic E-state index is 0.618. The van der Waals surface area contributed by atoms with Gasteiger partial charge in [0.1, 0.15) is 5.82 Å². The van der Waals surface area contributed by atoms with Crippen molar-refractivity contribution in [1.82, 2.24) is 24.6 Å². The molecule has 0 amide bonds. The Balaban J connectivity index is 1.65. The Kier molecular flexibility index (Phi) is 4.36. The monoisotopic (exact) mass is 336 g/mol. The van der Waals surface area contributed by atoms with E-state index in [4.69, 9.17) is 9.97 Å². The molecule has 1 saturated heterocycles. The van der Waals surface area contributed by atoms with Gasteiger partial charge >= 0.3 is 0 Å². The van der Waals surface area contributed by atoms with Crippen LogP contribution in [-0.4, -0.2) is 50.8 Å². The topological polar surface area (TPSA) is 58.9 Å². The molecule has 3 aromatic rings. The van der Waals surface area contributed by atoms with Crippen molar-refractivity contribution in [2.24, 2.45) is 0 Å². The van der Waals surface area contributed by atoms with Gasteiger partial charge in [-0.25, -0.2) is 9.67 Å². The van der Waals surface area contributed by atoms with Crippen LogP contribution in [0.3, 0.4) is 0 Å². The Labute approximate surface area is 147 Å². The summed E-state index contributed by atoms with van der Waals surface area (Å²) < 4.78 is 1.81. The fourth-order valence-electron chi connectivity index (χ4n) is 3.46. The van der Waals surface area contributed by atoms with E-state index < -0.39 is 0 Å². The van der Waals surface area contributed by atoms with Crippen LogP contribution in [0.25, 0.3) is 16.9 Å². The third kappa shape index (κ3) is 3.35. The molecule has 25 heavy (non-hydrogen) atoms. The van der Waals surface area contributed by atoms with E-state index in [1.807, 2.05) is 42.8 Å². The second kappa shape index (κ2) is 6.80. The molecule has 1 aromatic carbocycles. The summed E-state index contributed by atoms with van der Waals surface area (Å²) in [5.41, 5.74) is 2.94. The van der Waals surface area contributed by atoms with Gasteiger partial charge in [-0.05, 0) is 58.0 Å². The van der Waals surface area contributed by atoms with Gasteiger partial charge in [0, 0.05) is 24.2 Å². The van der Waals surface area contributed by atoms with Crippen LogP contribution in [0.4, 0.5) is 5.82 Å². The van der Waals surface area contributed by atoms with Gasteiger partial charge in [-0.1, -0.05) is 12.1 Å². The summed E-state index contributed by atoms with van der Waals surface area (Å²) in [6.07, 6.45) is 2.64. The van der Waals surface area contributed by atoms with Gasteiger partial charge in [0.15, 0.2) is 0 Å². The lowest BCUT2D eigenvalue weighted by molar-refractivity contribution is 0.352. The van der Waals surface area contributed by atoms with Gasteiger partial charge < -0.3 is 10.2 Å². The van der Waals surface area contributed by atoms with Crippen LogP contribution in [0.15, 0.2) is 30.3 Å². The molecule has 2 aromatic heterocycles. The molecule has 1 aliphatic rings. The number of likely N-dealkylation sites (tertiary alicyclic amines) is 1. The first-order valence-electron chi connectivity index (χ1n) is 8.97. The van der Waals surface area contributed by atoms with E-state index in [1.165, 1.54) is 25.9 Å². The van der Waals surface area contributed by atoms with Crippen molar-refractivity contribution in [2.45, 2.75) is 26.7 Å². The van der Waals surface area contributed by atoms with Crippen molar-refractivity contribution in [3.8, 4) is 5.95 Å². The lowest BCUT2D eigenvalue weighted by Gasteiger charge is -2.16. The summed E-state index contributed by atoms with van der Waals surface area (Å²) in [5.74, 6) is 1.50. The second-order valence-electron chi connectivity index (χ2n) is 6.70. The molecule has 0 aliphatic carbocycles. The SMILES string of the molecule is Cc1cc(C)n(-c2nc(NCCN3CCCC3)c3ccccc3n2)n1. The first kappa shape index (κ1) is 16.0. The van der Waals surface area contributed by atoms with Gasteiger partial charge in [0.25, 0.3) is 5.95 Å². The zero-order chi connectivity index (χ0) is 17.2. The summed E-state index contributed by atoms with van der Waals surface area (Å²) in [6.45, 7) is 8.37. The number of para-hydroxylation sites is 1. The van der Waals surface area contributed by atoms with Gasteiger partial charge in [-0.15, -0.1) is 0 Å². The first-order valence-corrected chi connectivity index (χ1v) is 8.97. The van der Waals surface area contributed by atoms with Crippen molar-refractivity contribution in [3.05, 3.63) is 41.7 Å². The van der Waals surface area contributed by atoms with Crippen LogP contribution in [0, 0.1) is 13.8 Å². The maximum Gasteiger partial charge on any atom is 0.253 e. The molecule has 130 valence electrons. The van der Waals surface area contributed by atoms with Crippen molar-refractivity contribution >= 4 is 16.7 Å². The first-order chi connectivity index (χ1) is 12.2. The van der Waals surface area contributed by atoms with Gasteiger partial charge in [-0.3, -0.25) is 0 Å². The molecular weight excluding hydrogens is 312 g/mol. The molecule has 6 heteroatoms. The van der Waals surface area contributed by atoms with Gasteiger partial charge in [0.2, 0.25) is 0 Å². The van der Waals surface area contributed by atoms with Crippen LogP contribution in [-0.2, 0) is 0 Å². The number of nitrogens with one attached hydrogen (secondary N) is 1. The average Bonchev–Trinajstić information content (AvgIpc) is 3.24. The average molecular weight is 336 g/mol. The molecule has 0 atom stereocenters. The normalized spacial score (nSPS) is 15.1. The third-order valence-electron chi connectivity index (χ3n) is 4.71. The van der Waals surface area contributed by atoms with Crippen LogP contribution < -0.4 is 5.32 Å². The molecule has 3 heterocycles. The van der Waals surface area contributed by atoms with Crippen molar-refractivity contribution in [2.75, 3.05) is 31.5 Å². The molecule has 0 radical (unpaired) electrons. The third-order valence-corrected chi connectivity index (χ3v) is 4.71. The Morgan fingerprint density at radius 3 is 2.64 bits per heavy atom. The fraction of sp³-hybridized carbons (Fsp3) is 0.421. The van der Waals surface area contributed by atoms with E-state index in [0.717, 1.165) is 41.2 Å². The summed E-state index contributed by atoms with van der Waals surface area (Å²) in [7, 11) is 0. The summed E-state index contributed by atoms with van der Waals surface area (Å²) >= 11 is 0. The quantitative estimate of drug-likeness (QED) is 0.776. The predicted octanol–water partition coefficient (Wildman–Crippen LogP) is 2.94. The fourth-order valence-corrected chi connectivity index (χ4v) is 3.46. The number of rotatable bonds is 5. The lowest BCUT2D eigenvalue weighted by Crippen LogP contribution is -2.26. The second-order valence-corrected chi connectivity index (χ2v) is 6.70. The maximum absolute atomic E-state index is 4.77. The highest BCUT2D eigenvalue weighted by atomic mass is 15.4. The van der Waals surface area contributed by atoms with Crippen molar-refractivity contribution in [3.63, 3.8) is 0 Å². The maximum atomic E-state index is 4.77. The Morgan fingerprint density at radius 2 is 1.88 bits per heavy atom. The zero-order valence-corrected chi connectivity index (χ0v) is 14.9. The lowest BCUT2D eigenvalue weighted by atomic mass is 10.2. The van der Waals surface area contributed by atoms with Crippen molar-refractivity contribution < 1.29 is 0 Å². The highest BCUT2D eigenvalue weighted by Crippen LogP contribution is 2.22. The number of nitrogens with zero attached hydrogens (tertiary/aromatic N) is 5. The molecule has 6 nitrogen and oxygen atoms in total. The largest absolute Gasteiger partial charge is 0.368 e. The number of benzene rings is 1. The van der Waals surface area contributed by atoms with E-state index in [2.05, 4.69) is 21.4 Å². The summed E-state index contributed by atoms with van der Waals surface area (Å²) in [4.78, 5) is 12.0. The number of anilines is 1. The molecule has 0 unspecified atom stereocenters. The standard InChI is InChI=1S/C19H24N6/c1-14-13-15(2)25(23-14)19-21-17-8-4-3-7-16(17)18(22-19)20-9-12-24-10-5-6-11-24/h3-4,7-8,13H,5-6,9-12H2,1-2H3,(H,20,21,22). The summed E-state index contributed by atoms with van der Waals surface area (Å²) in [6, 6.07) is 10.2. The molecule has 1 N–H and O–H groups in total. The van der Waals surface area contributed by atoms with Crippen LogP contribution >= 0.6 is 0 Å². The van der Waals surface area contributed by atoms with Crippen LogP contribution in [0.1, 0.15) is 24.2 Å². The Hall–Kier alpha value is -2.47.